The summed E-state index contributed by atoms with van der Waals surface area (Å²) in [6, 6.07) is 0. The van der Waals surface area contributed by atoms with Gasteiger partial charge >= 0.3 is 46.3 Å². The molecule has 0 fully saturated rings. The van der Waals surface area contributed by atoms with Gasteiger partial charge < -0.3 is 34.5 Å². The number of hydrogen-bond donors (Lipinski definition) is 3. The van der Waals surface area contributed by atoms with E-state index in [1.54, 1.807) is 0 Å². The Morgan fingerprint density at radius 3 is 1.00 bits per heavy atom. The van der Waals surface area contributed by atoms with Gasteiger partial charge in [0.1, 0.15) is 0 Å². The first kappa shape index (κ1) is 23.4. The fourth-order valence-electron chi connectivity index (χ4n) is 0. The summed E-state index contributed by atoms with van der Waals surface area (Å²) in [5, 5.41) is 17.8. The van der Waals surface area contributed by atoms with E-state index in [0.717, 1.165) is 13.8 Å². The third kappa shape index (κ3) is 5320. The van der Waals surface area contributed by atoms with Crippen molar-refractivity contribution in [3.63, 3.8) is 0 Å². The molecule has 0 bridgehead atoms. The summed E-state index contributed by atoms with van der Waals surface area (Å²) in [6.07, 6.45) is 0. The average molecular weight is 240 g/mol. The second-order valence-corrected chi connectivity index (χ2v) is 1.79. The zero-order valence-corrected chi connectivity index (χ0v) is 10.2. The molecule has 0 saturated carbocycles. The Morgan fingerprint density at radius 2 is 1.00 bits per heavy atom. The van der Waals surface area contributed by atoms with Crippen LogP contribution in [0.15, 0.2) is 0 Å². The topological polar surface area (TPSA) is 141 Å². The Balaban J connectivity index is -0.0000000450. The van der Waals surface area contributed by atoms with Crippen molar-refractivity contribution < 1.29 is 34.5 Å². The SMILES string of the molecule is CC(=O)[O-].CC(=O)[O-].OP(O)O.[Ca+2]. The van der Waals surface area contributed by atoms with Gasteiger partial charge in [-0.05, 0) is 13.8 Å². The minimum atomic E-state index is -2.62. The van der Waals surface area contributed by atoms with Gasteiger partial charge in [0.2, 0.25) is 0 Å². The molecule has 0 aromatic rings. The van der Waals surface area contributed by atoms with Crippen LogP contribution < -0.4 is 10.2 Å². The second kappa shape index (κ2) is 18.3. The van der Waals surface area contributed by atoms with E-state index >= 15 is 0 Å². The first-order valence-electron chi connectivity index (χ1n) is 2.42. The maximum absolute atomic E-state index is 8.89. The van der Waals surface area contributed by atoms with Crippen LogP contribution in [0.25, 0.3) is 0 Å². The third-order valence-corrected chi connectivity index (χ3v) is 0. The molecule has 0 atom stereocenters. The van der Waals surface area contributed by atoms with Crippen molar-refractivity contribution in [2.45, 2.75) is 13.8 Å². The summed E-state index contributed by atoms with van der Waals surface area (Å²) >= 11 is 0. The molecule has 7 nitrogen and oxygen atoms in total. The Labute approximate surface area is 106 Å². The molecule has 0 aromatic carbocycles. The van der Waals surface area contributed by atoms with Crippen molar-refractivity contribution in [3.8, 4) is 0 Å². The Bertz CT molecular complexity index is 105. The first-order valence-corrected chi connectivity index (χ1v) is 3.62. The van der Waals surface area contributed by atoms with Gasteiger partial charge in [-0.25, -0.2) is 0 Å². The summed E-state index contributed by atoms with van der Waals surface area (Å²) in [6.45, 7) is 1.94. The molecule has 0 spiro atoms. The van der Waals surface area contributed by atoms with E-state index in [0.29, 0.717) is 0 Å². The fraction of sp³-hybridized carbons (Fsp3) is 0.500. The summed E-state index contributed by atoms with van der Waals surface area (Å²) in [4.78, 5) is 39.5. The summed E-state index contributed by atoms with van der Waals surface area (Å²) in [5.74, 6) is -2.17. The molecule has 0 aliphatic rings. The van der Waals surface area contributed by atoms with Crippen LogP contribution in [0.4, 0.5) is 0 Å². The number of rotatable bonds is 0. The molecule has 0 radical (unpaired) electrons. The molecule has 0 amide bonds. The van der Waals surface area contributed by atoms with E-state index < -0.39 is 20.5 Å². The Kier molecular flexibility index (Phi) is 33.0. The normalized spacial score (nSPS) is 6.62. The van der Waals surface area contributed by atoms with Gasteiger partial charge in [0.15, 0.2) is 0 Å². The molecule has 0 heterocycles. The van der Waals surface area contributed by atoms with Crippen molar-refractivity contribution in [3.05, 3.63) is 0 Å². The molecule has 0 aromatic heterocycles. The summed E-state index contributed by atoms with van der Waals surface area (Å²) < 4.78 is 0. The van der Waals surface area contributed by atoms with Gasteiger partial charge in [-0.2, -0.15) is 0 Å². The molecule has 13 heavy (non-hydrogen) atoms. The molecule has 3 N–H and O–H groups in total. The average Bonchev–Trinajstić information content (AvgIpc) is 1.54. The van der Waals surface area contributed by atoms with Crippen molar-refractivity contribution >= 4 is 58.3 Å². The van der Waals surface area contributed by atoms with Crippen LogP contribution >= 0.6 is 8.60 Å². The molecule has 0 saturated heterocycles. The Hall–Kier alpha value is 0.510. The number of aliphatic carboxylic acids is 2. The van der Waals surface area contributed by atoms with Crippen LogP contribution in [0.1, 0.15) is 13.8 Å². The molecular formula is C4H9CaO7P. The molecule has 9 heteroatoms. The van der Waals surface area contributed by atoms with E-state index in [1.807, 2.05) is 0 Å². The predicted octanol–water partition coefficient (Wildman–Crippen LogP) is -3.68. The number of carboxylic acid groups (broad SMARTS) is 2. The molecular weight excluding hydrogens is 231 g/mol. The molecule has 0 rings (SSSR count). The first-order chi connectivity index (χ1) is 5.20. The molecule has 74 valence electrons. The molecule has 0 aliphatic heterocycles. The van der Waals surface area contributed by atoms with Crippen LogP contribution in [0, 0.1) is 0 Å². The molecule has 0 aliphatic carbocycles. The number of carbonyl (C=O) groups is 2. The van der Waals surface area contributed by atoms with Crippen LogP contribution in [0.5, 0.6) is 0 Å². The minimum absolute atomic E-state index is 0. The van der Waals surface area contributed by atoms with Crippen molar-refractivity contribution in [2.24, 2.45) is 0 Å². The van der Waals surface area contributed by atoms with Crippen LogP contribution in [-0.2, 0) is 9.59 Å². The van der Waals surface area contributed by atoms with Gasteiger partial charge in [0.05, 0.1) is 0 Å². The van der Waals surface area contributed by atoms with Crippen LogP contribution in [0.2, 0.25) is 0 Å². The predicted molar refractivity (Wildman–Crippen MR) is 40.7 cm³/mol. The fourth-order valence-corrected chi connectivity index (χ4v) is 0. The van der Waals surface area contributed by atoms with Gasteiger partial charge in [-0.3, -0.25) is 0 Å². The zero-order valence-electron chi connectivity index (χ0n) is 7.13. The number of carbonyl (C=O) groups excluding carboxylic acids is 2. The zero-order chi connectivity index (χ0) is 10.7. The van der Waals surface area contributed by atoms with Crippen LogP contribution in [-0.4, -0.2) is 64.4 Å². The maximum atomic E-state index is 8.89. The van der Waals surface area contributed by atoms with Gasteiger partial charge in [0, 0.05) is 11.9 Å². The van der Waals surface area contributed by atoms with Gasteiger partial charge in [-0.15, -0.1) is 0 Å². The largest absolute Gasteiger partial charge is 2.00 e. The quantitative estimate of drug-likeness (QED) is 0.292. The minimum Gasteiger partial charge on any atom is -0.550 e. The van der Waals surface area contributed by atoms with E-state index in [2.05, 4.69) is 0 Å². The number of carboxylic acids is 2. The van der Waals surface area contributed by atoms with Gasteiger partial charge in [0.25, 0.3) is 0 Å². The van der Waals surface area contributed by atoms with Crippen molar-refractivity contribution in [2.75, 3.05) is 0 Å². The third-order valence-electron chi connectivity index (χ3n) is 0. The summed E-state index contributed by atoms with van der Waals surface area (Å²) in [7, 11) is -2.62. The van der Waals surface area contributed by atoms with Crippen molar-refractivity contribution in [1.82, 2.24) is 0 Å². The van der Waals surface area contributed by atoms with E-state index in [4.69, 9.17) is 34.5 Å². The maximum Gasteiger partial charge on any atom is 2.00 e. The van der Waals surface area contributed by atoms with E-state index in [9.17, 15) is 0 Å². The second-order valence-electron chi connectivity index (χ2n) is 1.25. The number of hydrogen-bond acceptors (Lipinski definition) is 7. The monoisotopic (exact) mass is 240 g/mol. The van der Waals surface area contributed by atoms with E-state index in [1.165, 1.54) is 0 Å². The Morgan fingerprint density at radius 1 is 1.00 bits per heavy atom. The van der Waals surface area contributed by atoms with Gasteiger partial charge in [-0.1, -0.05) is 0 Å². The summed E-state index contributed by atoms with van der Waals surface area (Å²) in [5.41, 5.74) is 0. The smallest absolute Gasteiger partial charge is 0.550 e. The standard InChI is InChI=1S/2C2H4O2.Ca.H3O3P/c2*1-2(3)4;;1-4(2)3/h2*1H3,(H,3,4);;1-3H/q;;+2;/p-2. The molecule has 0 unspecified atom stereocenters. The van der Waals surface area contributed by atoms with Crippen LogP contribution in [0.3, 0.4) is 0 Å². The van der Waals surface area contributed by atoms with Crippen molar-refractivity contribution in [1.29, 1.82) is 0 Å². The van der Waals surface area contributed by atoms with E-state index in [-0.39, 0.29) is 37.7 Å².